The van der Waals surface area contributed by atoms with Crippen LogP contribution in [0.5, 0.6) is 0 Å². The van der Waals surface area contributed by atoms with Crippen molar-refractivity contribution >= 4 is 86.0 Å². The molecule has 0 fully saturated rings. The first-order chi connectivity index (χ1) is 24.3. The standard InChI is InChI=1S/C46H25NOS/c1-2-14-30-29(13-1)32-19-10-18-31-28(23-24-33(30)40(31)32)26-11-9-12-27(25-26)47-37-20-6-3-15-34(37)43-44(47)46-42(36-17-5-8-22-39(36)49-46)41-35-16-4-7-21-38(35)48-45(41)43/h1-25H. The van der Waals surface area contributed by atoms with E-state index in [1.165, 1.54) is 96.9 Å². The lowest BCUT2D eigenvalue weighted by Gasteiger charge is -2.13. The van der Waals surface area contributed by atoms with E-state index in [9.17, 15) is 0 Å². The average molecular weight is 640 g/mol. The van der Waals surface area contributed by atoms with Crippen LogP contribution in [0, 0.1) is 0 Å². The maximum Gasteiger partial charge on any atom is 0.146 e. The van der Waals surface area contributed by atoms with Gasteiger partial charge in [0.15, 0.2) is 0 Å². The third-order valence-electron chi connectivity index (χ3n) is 10.7. The van der Waals surface area contributed by atoms with Crippen LogP contribution < -0.4 is 0 Å². The van der Waals surface area contributed by atoms with E-state index in [2.05, 4.69) is 156 Å². The Kier molecular flexibility index (Phi) is 4.89. The lowest BCUT2D eigenvalue weighted by atomic mass is 9.94. The van der Waals surface area contributed by atoms with Crippen LogP contribution in [0.1, 0.15) is 0 Å². The number of nitrogens with zero attached hydrogens (tertiary/aromatic N) is 1. The first-order valence-corrected chi connectivity index (χ1v) is 17.6. The molecule has 3 aromatic heterocycles. The molecule has 0 amide bonds. The van der Waals surface area contributed by atoms with Gasteiger partial charge in [-0.15, -0.1) is 11.3 Å². The number of thiophene rings is 1. The molecule has 12 rings (SSSR count). The number of para-hydroxylation sites is 2. The lowest BCUT2D eigenvalue weighted by Crippen LogP contribution is -1.95. The molecule has 0 saturated heterocycles. The zero-order chi connectivity index (χ0) is 31.8. The molecule has 2 nitrogen and oxygen atoms in total. The van der Waals surface area contributed by atoms with Crippen LogP contribution in [0.3, 0.4) is 0 Å². The summed E-state index contributed by atoms with van der Waals surface area (Å²) in [6.45, 7) is 0. The van der Waals surface area contributed by atoms with Gasteiger partial charge in [0.25, 0.3) is 0 Å². The molecule has 0 N–H and O–H groups in total. The van der Waals surface area contributed by atoms with Gasteiger partial charge in [-0.25, -0.2) is 0 Å². The Bertz CT molecular complexity index is 3200. The van der Waals surface area contributed by atoms with Crippen molar-refractivity contribution in [3.63, 3.8) is 0 Å². The first kappa shape index (κ1) is 25.9. The summed E-state index contributed by atoms with van der Waals surface area (Å²) < 4.78 is 11.9. The van der Waals surface area contributed by atoms with Crippen LogP contribution in [0.25, 0.3) is 114 Å². The average Bonchev–Trinajstić information content (AvgIpc) is 3.91. The third-order valence-corrected chi connectivity index (χ3v) is 11.9. The third kappa shape index (κ3) is 3.25. The minimum Gasteiger partial charge on any atom is -0.455 e. The Morgan fingerprint density at radius 1 is 0.449 bits per heavy atom. The van der Waals surface area contributed by atoms with Crippen molar-refractivity contribution in [2.75, 3.05) is 0 Å². The number of hydrogen-bond donors (Lipinski definition) is 0. The Morgan fingerprint density at radius 2 is 1.12 bits per heavy atom. The fourth-order valence-electron chi connectivity index (χ4n) is 8.76. The molecule has 49 heavy (non-hydrogen) atoms. The number of hydrogen-bond acceptors (Lipinski definition) is 2. The second-order valence-corrected chi connectivity index (χ2v) is 14.2. The van der Waals surface area contributed by atoms with Crippen molar-refractivity contribution in [2.24, 2.45) is 0 Å². The van der Waals surface area contributed by atoms with Crippen molar-refractivity contribution in [2.45, 2.75) is 0 Å². The van der Waals surface area contributed by atoms with Gasteiger partial charge >= 0.3 is 0 Å². The van der Waals surface area contributed by atoms with E-state index in [-0.39, 0.29) is 0 Å². The summed E-state index contributed by atoms with van der Waals surface area (Å²) in [5.41, 5.74) is 13.2. The Morgan fingerprint density at radius 3 is 2.02 bits per heavy atom. The molecule has 0 spiro atoms. The van der Waals surface area contributed by atoms with Crippen molar-refractivity contribution in [3.8, 4) is 39.1 Å². The van der Waals surface area contributed by atoms with Crippen LogP contribution >= 0.6 is 11.3 Å². The maximum absolute atomic E-state index is 6.84. The zero-order valence-electron chi connectivity index (χ0n) is 26.2. The fraction of sp³-hybridized carbons (Fsp3) is 0. The quantitative estimate of drug-likeness (QED) is 0.184. The molecular formula is C46H25NOS. The van der Waals surface area contributed by atoms with E-state index in [1.807, 2.05) is 11.3 Å². The summed E-state index contributed by atoms with van der Waals surface area (Å²) in [5, 5.41) is 9.95. The summed E-state index contributed by atoms with van der Waals surface area (Å²) in [7, 11) is 0. The molecule has 0 unspecified atom stereocenters. The molecule has 11 aromatic rings. The number of fused-ring (bicyclic) bond motifs is 15. The van der Waals surface area contributed by atoms with Gasteiger partial charge in [-0.3, -0.25) is 0 Å². The van der Waals surface area contributed by atoms with Crippen molar-refractivity contribution < 1.29 is 4.42 Å². The molecular weight excluding hydrogens is 615 g/mol. The minimum absolute atomic E-state index is 0.926. The number of benzene rings is 8. The fourth-order valence-corrected chi connectivity index (χ4v) is 10.0. The molecule has 3 heteroatoms. The summed E-state index contributed by atoms with van der Waals surface area (Å²) in [6, 6.07) is 55.4. The normalized spacial score (nSPS) is 12.5. The number of aromatic nitrogens is 1. The Balaban J connectivity index is 1.20. The van der Waals surface area contributed by atoms with Gasteiger partial charge in [0.2, 0.25) is 0 Å². The van der Waals surface area contributed by atoms with Gasteiger partial charge in [-0.05, 0) is 74.5 Å². The second-order valence-electron chi connectivity index (χ2n) is 13.2. The zero-order valence-corrected chi connectivity index (χ0v) is 27.0. The van der Waals surface area contributed by atoms with Gasteiger partial charge in [-0.2, -0.15) is 0 Å². The lowest BCUT2D eigenvalue weighted by molar-refractivity contribution is 0.673. The Hall–Kier alpha value is -6.16. The van der Waals surface area contributed by atoms with Gasteiger partial charge in [0.1, 0.15) is 11.2 Å². The van der Waals surface area contributed by atoms with Crippen LogP contribution in [0.15, 0.2) is 156 Å². The molecule has 0 saturated carbocycles. The van der Waals surface area contributed by atoms with E-state index in [1.54, 1.807) is 0 Å². The van der Waals surface area contributed by atoms with Gasteiger partial charge < -0.3 is 8.98 Å². The van der Waals surface area contributed by atoms with Crippen LogP contribution in [0.2, 0.25) is 0 Å². The summed E-state index contributed by atoms with van der Waals surface area (Å²) in [6.07, 6.45) is 0. The Labute approximate surface area is 284 Å². The summed E-state index contributed by atoms with van der Waals surface area (Å²) >= 11 is 1.89. The number of rotatable bonds is 2. The molecule has 0 bridgehead atoms. The highest BCUT2D eigenvalue weighted by Crippen LogP contribution is 2.52. The smallest absolute Gasteiger partial charge is 0.146 e. The van der Waals surface area contributed by atoms with E-state index >= 15 is 0 Å². The van der Waals surface area contributed by atoms with Crippen molar-refractivity contribution in [3.05, 3.63) is 152 Å². The highest BCUT2D eigenvalue weighted by atomic mass is 32.1. The molecule has 0 radical (unpaired) electrons. The predicted molar refractivity (Wildman–Crippen MR) is 208 cm³/mol. The van der Waals surface area contributed by atoms with Crippen LogP contribution in [-0.2, 0) is 0 Å². The van der Waals surface area contributed by atoms with Crippen molar-refractivity contribution in [1.29, 1.82) is 0 Å². The van der Waals surface area contributed by atoms with Gasteiger partial charge in [0.05, 0.1) is 21.1 Å². The largest absolute Gasteiger partial charge is 0.455 e. The predicted octanol–water partition coefficient (Wildman–Crippen LogP) is 13.5. The van der Waals surface area contributed by atoms with Crippen LogP contribution in [0.4, 0.5) is 0 Å². The monoisotopic (exact) mass is 639 g/mol. The molecule has 1 aliphatic rings. The van der Waals surface area contributed by atoms with E-state index in [0.29, 0.717) is 0 Å². The van der Waals surface area contributed by atoms with Gasteiger partial charge in [-0.1, -0.05) is 121 Å². The molecule has 1 aliphatic carbocycles. The molecule has 8 aromatic carbocycles. The molecule has 3 heterocycles. The summed E-state index contributed by atoms with van der Waals surface area (Å²) in [5.74, 6) is 0. The second kappa shape index (κ2) is 9.25. The molecule has 226 valence electrons. The highest BCUT2D eigenvalue weighted by molar-refractivity contribution is 7.27. The molecule has 0 atom stereocenters. The number of furan rings is 1. The topological polar surface area (TPSA) is 18.1 Å². The molecule has 0 aliphatic heterocycles. The highest BCUT2D eigenvalue weighted by Gasteiger charge is 2.26. The first-order valence-electron chi connectivity index (χ1n) is 16.8. The van der Waals surface area contributed by atoms with Crippen LogP contribution in [-0.4, -0.2) is 4.57 Å². The van der Waals surface area contributed by atoms with E-state index in [4.69, 9.17) is 4.42 Å². The minimum atomic E-state index is 0.926. The van der Waals surface area contributed by atoms with Crippen molar-refractivity contribution in [1.82, 2.24) is 4.57 Å². The maximum atomic E-state index is 6.84. The van der Waals surface area contributed by atoms with Gasteiger partial charge in [0, 0.05) is 37.3 Å². The van der Waals surface area contributed by atoms with E-state index in [0.717, 1.165) is 16.9 Å². The SMILES string of the molecule is c1cc(-c2ccc3c4c(cccc24)-c2ccccc2-3)cc(-n2c3ccccc3c3c4oc5ccccc5c4c4c5ccccc5sc4c32)c1. The summed E-state index contributed by atoms with van der Waals surface area (Å²) in [4.78, 5) is 0. The van der Waals surface area contributed by atoms with E-state index < -0.39 is 0 Å².